The first-order valence-corrected chi connectivity index (χ1v) is 7.31. The van der Waals surface area contributed by atoms with E-state index in [-0.39, 0.29) is 0 Å². The van der Waals surface area contributed by atoms with Gasteiger partial charge in [-0.15, -0.1) is 0 Å². The summed E-state index contributed by atoms with van der Waals surface area (Å²) in [6.07, 6.45) is 2.34. The Balaban J connectivity index is 2.17. The first-order chi connectivity index (χ1) is 9.74. The molecule has 0 aliphatic carbocycles. The lowest BCUT2D eigenvalue weighted by Gasteiger charge is -2.09. The molecule has 0 heterocycles. The third-order valence-corrected chi connectivity index (χ3v) is 3.57. The summed E-state index contributed by atoms with van der Waals surface area (Å²) < 4.78 is 12.7. The van der Waals surface area contributed by atoms with Crippen LogP contribution in [0.15, 0.2) is 42.5 Å². The van der Waals surface area contributed by atoms with Crippen LogP contribution in [0.2, 0.25) is 5.02 Å². The van der Waals surface area contributed by atoms with Crippen molar-refractivity contribution >= 4 is 17.3 Å². The third-order valence-electron chi connectivity index (χ3n) is 3.24. The topological polar surface area (TPSA) is 12.0 Å². The molecule has 0 amide bonds. The smallest absolute Gasteiger partial charge is 0.115 e. The monoisotopic (exact) mass is 291 g/mol. The molecule has 0 aliphatic rings. The zero-order valence-corrected chi connectivity index (χ0v) is 12.4. The van der Waals surface area contributed by atoms with Gasteiger partial charge in [-0.25, -0.2) is 4.39 Å². The van der Waals surface area contributed by atoms with Crippen LogP contribution in [0.1, 0.15) is 25.3 Å². The molecule has 2 aromatic carbocycles. The van der Waals surface area contributed by atoms with E-state index in [1.807, 2.05) is 30.3 Å². The van der Waals surface area contributed by atoms with Crippen LogP contribution in [0.3, 0.4) is 0 Å². The van der Waals surface area contributed by atoms with E-state index in [1.165, 1.54) is 6.42 Å². The van der Waals surface area contributed by atoms with Gasteiger partial charge >= 0.3 is 0 Å². The summed E-state index contributed by atoms with van der Waals surface area (Å²) in [5.41, 5.74) is 3.63. The van der Waals surface area contributed by atoms with Gasteiger partial charge in [0.2, 0.25) is 0 Å². The molecule has 0 bridgehead atoms. The van der Waals surface area contributed by atoms with E-state index in [0.717, 1.165) is 29.8 Å². The van der Waals surface area contributed by atoms with Crippen molar-refractivity contribution in [3.63, 3.8) is 0 Å². The maximum Gasteiger partial charge on any atom is 0.115 e. The quantitative estimate of drug-likeness (QED) is 0.674. The average Bonchev–Trinajstić information content (AvgIpc) is 2.49. The summed E-state index contributed by atoms with van der Waals surface area (Å²) >= 11 is 6.19. The molecule has 1 N–H and O–H groups in total. The Kier molecular flexibility index (Phi) is 5.42. The Morgan fingerprint density at radius 1 is 1.10 bits per heavy atom. The molecule has 1 nitrogen and oxygen atoms in total. The fraction of sp³-hybridized carbons (Fsp3) is 0.294. The van der Waals surface area contributed by atoms with Crippen molar-refractivity contribution in [1.82, 2.24) is 0 Å². The van der Waals surface area contributed by atoms with Crippen LogP contribution < -0.4 is 5.32 Å². The van der Waals surface area contributed by atoms with Crippen LogP contribution in [0.25, 0.3) is 11.1 Å². The Morgan fingerprint density at radius 3 is 2.50 bits per heavy atom. The molecule has 2 aromatic rings. The molecule has 0 radical (unpaired) electrons. The number of rotatable bonds is 6. The van der Waals surface area contributed by atoms with E-state index in [1.54, 1.807) is 12.1 Å². The van der Waals surface area contributed by atoms with E-state index in [0.29, 0.717) is 10.6 Å². The van der Waals surface area contributed by atoms with E-state index in [9.17, 15) is 4.39 Å². The largest absolute Gasteiger partial charge is 0.385 e. The van der Waals surface area contributed by atoms with Crippen molar-refractivity contribution in [2.24, 2.45) is 0 Å². The van der Waals surface area contributed by atoms with Crippen molar-refractivity contribution in [1.29, 1.82) is 0 Å². The van der Waals surface area contributed by atoms with Crippen LogP contribution in [0.4, 0.5) is 10.1 Å². The highest BCUT2D eigenvalue weighted by Crippen LogP contribution is 2.30. The summed E-state index contributed by atoms with van der Waals surface area (Å²) in [4.78, 5) is 0. The van der Waals surface area contributed by atoms with Gasteiger partial charge in [0.15, 0.2) is 0 Å². The lowest BCUT2D eigenvalue weighted by atomic mass is 10.0. The van der Waals surface area contributed by atoms with Gasteiger partial charge in [-0.3, -0.25) is 0 Å². The minimum absolute atomic E-state index is 0.471. The molecule has 0 unspecified atom stereocenters. The van der Waals surface area contributed by atoms with Crippen molar-refractivity contribution in [3.05, 3.63) is 53.1 Å². The first kappa shape index (κ1) is 14.9. The normalized spacial score (nSPS) is 10.6. The molecule has 0 atom stereocenters. The van der Waals surface area contributed by atoms with Crippen LogP contribution in [0, 0.1) is 0 Å². The molecule has 0 spiro atoms. The molecule has 0 saturated carbocycles. The van der Waals surface area contributed by atoms with Crippen molar-refractivity contribution in [3.8, 4) is 11.1 Å². The van der Waals surface area contributed by atoms with E-state index < -0.39 is 6.67 Å². The number of halogens is 2. The Morgan fingerprint density at radius 2 is 1.85 bits per heavy atom. The second-order valence-electron chi connectivity index (χ2n) is 4.81. The van der Waals surface area contributed by atoms with Crippen molar-refractivity contribution in [2.45, 2.75) is 26.4 Å². The lowest BCUT2D eigenvalue weighted by molar-refractivity contribution is 0.485. The zero-order chi connectivity index (χ0) is 14.4. The number of hydrogen-bond acceptors (Lipinski definition) is 1. The molecule has 20 heavy (non-hydrogen) atoms. The molecule has 0 fully saturated rings. The van der Waals surface area contributed by atoms with Gasteiger partial charge in [-0.1, -0.05) is 43.1 Å². The molecule has 0 saturated heterocycles. The summed E-state index contributed by atoms with van der Waals surface area (Å²) in [5, 5.41) is 4.02. The van der Waals surface area contributed by atoms with E-state index in [2.05, 4.69) is 12.2 Å². The maximum atomic E-state index is 12.7. The predicted octanol–water partition coefficient (Wildman–Crippen LogP) is 5.69. The lowest BCUT2D eigenvalue weighted by Crippen LogP contribution is -2.00. The fourth-order valence-corrected chi connectivity index (χ4v) is 2.28. The van der Waals surface area contributed by atoms with Crippen LogP contribution in [-0.2, 0) is 6.67 Å². The highest BCUT2D eigenvalue weighted by Gasteiger charge is 2.05. The van der Waals surface area contributed by atoms with Gasteiger partial charge in [0.05, 0.1) is 0 Å². The molecular formula is C17H19ClFN. The number of anilines is 1. The third kappa shape index (κ3) is 3.73. The molecule has 3 heteroatoms. The van der Waals surface area contributed by atoms with Gasteiger partial charge in [-0.05, 0) is 41.8 Å². The number of benzene rings is 2. The number of hydrogen-bond donors (Lipinski definition) is 1. The average molecular weight is 292 g/mol. The van der Waals surface area contributed by atoms with E-state index >= 15 is 0 Å². The number of alkyl halides is 1. The first-order valence-electron chi connectivity index (χ1n) is 6.93. The van der Waals surface area contributed by atoms with Gasteiger partial charge in [-0.2, -0.15) is 0 Å². The van der Waals surface area contributed by atoms with Crippen molar-refractivity contribution < 1.29 is 4.39 Å². The van der Waals surface area contributed by atoms with Gasteiger partial charge in [0.25, 0.3) is 0 Å². The molecule has 106 valence electrons. The second-order valence-corrected chi connectivity index (χ2v) is 5.21. The minimum atomic E-state index is -0.471. The molecule has 2 rings (SSSR count). The standard InChI is InChI=1S/C17H19ClFN/c1-2-3-10-20-15-7-5-14(6-8-15)16-11-13(12-19)4-9-17(16)18/h4-9,11,20H,2-3,10,12H2,1H3. The highest BCUT2D eigenvalue weighted by molar-refractivity contribution is 6.33. The van der Waals surface area contributed by atoms with Crippen molar-refractivity contribution in [2.75, 3.05) is 11.9 Å². The zero-order valence-electron chi connectivity index (χ0n) is 11.6. The summed E-state index contributed by atoms with van der Waals surface area (Å²) in [6, 6.07) is 13.4. The van der Waals surface area contributed by atoms with Crippen LogP contribution in [-0.4, -0.2) is 6.54 Å². The fourth-order valence-electron chi connectivity index (χ4n) is 2.05. The maximum absolute atomic E-state index is 12.7. The Hall–Kier alpha value is -1.54. The van der Waals surface area contributed by atoms with Crippen LogP contribution in [0.5, 0.6) is 0 Å². The minimum Gasteiger partial charge on any atom is -0.385 e. The van der Waals surface area contributed by atoms with Gasteiger partial charge in [0, 0.05) is 22.8 Å². The SMILES string of the molecule is CCCCNc1ccc(-c2cc(CF)ccc2Cl)cc1. The predicted molar refractivity (Wildman–Crippen MR) is 85.1 cm³/mol. The van der Waals surface area contributed by atoms with E-state index in [4.69, 9.17) is 11.6 Å². The summed E-state index contributed by atoms with van der Waals surface area (Å²) in [6.45, 7) is 2.68. The molecular weight excluding hydrogens is 273 g/mol. The second kappa shape index (κ2) is 7.30. The summed E-state index contributed by atoms with van der Waals surface area (Å²) in [7, 11) is 0. The number of unbranched alkanes of at least 4 members (excludes halogenated alkanes) is 1. The Bertz CT molecular complexity index is 551. The molecule has 0 aromatic heterocycles. The Labute approximate surface area is 124 Å². The van der Waals surface area contributed by atoms with Crippen LogP contribution >= 0.6 is 11.6 Å². The summed E-state index contributed by atoms with van der Waals surface area (Å²) in [5.74, 6) is 0. The van der Waals surface area contributed by atoms with Gasteiger partial charge in [0.1, 0.15) is 6.67 Å². The highest BCUT2D eigenvalue weighted by atomic mass is 35.5. The molecule has 0 aliphatic heterocycles. The number of nitrogens with one attached hydrogen (secondary N) is 1. The van der Waals surface area contributed by atoms with Gasteiger partial charge < -0.3 is 5.32 Å².